The van der Waals surface area contributed by atoms with Crippen molar-refractivity contribution in [2.75, 3.05) is 39.4 Å². The molecule has 6 heteroatoms. The van der Waals surface area contributed by atoms with Gasteiger partial charge in [-0.1, -0.05) is 6.92 Å². The number of ether oxygens (including phenoxy) is 1. The van der Waals surface area contributed by atoms with Crippen LogP contribution in [-0.4, -0.2) is 65.3 Å². The van der Waals surface area contributed by atoms with Gasteiger partial charge in [0.2, 0.25) is 0 Å². The monoisotopic (exact) mass is 325 g/mol. The van der Waals surface area contributed by atoms with Crippen LogP contribution in [0.5, 0.6) is 0 Å². The van der Waals surface area contributed by atoms with Crippen molar-refractivity contribution >= 4 is 11.3 Å². The molecule has 3 rings (SSSR count). The zero-order valence-electron chi connectivity index (χ0n) is 13.4. The lowest BCUT2D eigenvalue weighted by Gasteiger charge is -2.38. The smallest absolute Gasteiger partial charge is 0.122 e. The molecule has 22 heavy (non-hydrogen) atoms. The Hall–Kier alpha value is -0.530. The van der Waals surface area contributed by atoms with Gasteiger partial charge in [0, 0.05) is 50.8 Å². The van der Waals surface area contributed by atoms with Crippen molar-refractivity contribution in [1.29, 1.82) is 0 Å². The molecule has 2 saturated heterocycles. The quantitative estimate of drug-likeness (QED) is 0.865. The lowest BCUT2D eigenvalue weighted by Crippen LogP contribution is -2.50. The van der Waals surface area contributed by atoms with Crippen LogP contribution in [0.4, 0.5) is 0 Å². The van der Waals surface area contributed by atoms with E-state index in [0.717, 1.165) is 63.6 Å². The van der Waals surface area contributed by atoms with Gasteiger partial charge in [0.05, 0.1) is 12.3 Å². The highest BCUT2D eigenvalue weighted by Crippen LogP contribution is 2.30. The molecule has 0 radical (unpaired) electrons. The fraction of sp³-hybridized carbons (Fsp3) is 0.812. The van der Waals surface area contributed by atoms with Crippen molar-refractivity contribution in [2.45, 2.75) is 44.9 Å². The Kier molecular flexibility index (Phi) is 5.82. The largest absolute Gasteiger partial charge is 0.395 e. The molecule has 2 fully saturated rings. The molecule has 0 aliphatic carbocycles. The zero-order valence-corrected chi connectivity index (χ0v) is 14.2. The van der Waals surface area contributed by atoms with Gasteiger partial charge in [-0.2, -0.15) is 0 Å². The summed E-state index contributed by atoms with van der Waals surface area (Å²) in [7, 11) is 0. The van der Waals surface area contributed by atoms with E-state index in [-0.39, 0.29) is 12.7 Å². The molecule has 0 spiro atoms. The van der Waals surface area contributed by atoms with E-state index in [4.69, 9.17) is 9.72 Å². The van der Waals surface area contributed by atoms with Crippen LogP contribution in [0.15, 0.2) is 5.38 Å². The van der Waals surface area contributed by atoms with Crippen molar-refractivity contribution in [1.82, 2.24) is 14.8 Å². The number of hydrogen-bond donors (Lipinski definition) is 1. The minimum atomic E-state index is 0.241. The number of hydrogen-bond acceptors (Lipinski definition) is 6. The van der Waals surface area contributed by atoms with Gasteiger partial charge in [-0.15, -0.1) is 11.3 Å². The number of rotatable bonds is 6. The van der Waals surface area contributed by atoms with Crippen LogP contribution in [-0.2, 0) is 11.3 Å². The summed E-state index contributed by atoms with van der Waals surface area (Å²) in [6, 6.07) is 0.326. The molecule has 2 aliphatic rings. The van der Waals surface area contributed by atoms with E-state index < -0.39 is 0 Å². The Morgan fingerprint density at radius 2 is 2.23 bits per heavy atom. The highest BCUT2D eigenvalue weighted by molar-refractivity contribution is 7.09. The minimum Gasteiger partial charge on any atom is -0.395 e. The van der Waals surface area contributed by atoms with E-state index in [1.54, 1.807) is 11.3 Å². The number of nitrogens with zero attached hydrogens (tertiary/aromatic N) is 3. The average Bonchev–Trinajstić information content (AvgIpc) is 3.21. The standard InChI is InChI=1S/C16H27N3O2S/c1-2-14(11-20)19-7-5-18(6-8-19)10-13-12-22-16(17-13)15-4-3-9-21-15/h12,14-15,20H,2-11H2,1H3. The summed E-state index contributed by atoms with van der Waals surface area (Å²) in [5, 5.41) is 12.7. The second-order valence-electron chi connectivity index (χ2n) is 6.24. The predicted molar refractivity (Wildman–Crippen MR) is 88.1 cm³/mol. The first-order chi connectivity index (χ1) is 10.8. The first-order valence-electron chi connectivity index (χ1n) is 8.43. The number of aliphatic hydroxyl groups is 1. The fourth-order valence-electron chi connectivity index (χ4n) is 3.33. The molecule has 0 saturated carbocycles. The fourth-order valence-corrected chi connectivity index (χ4v) is 4.23. The summed E-state index contributed by atoms with van der Waals surface area (Å²) in [5.74, 6) is 0. The van der Waals surface area contributed by atoms with Crippen LogP contribution in [0.1, 0.15) is 43.0 Å². The number of thiazole rings is 1. The van der Waals surface area contributed by atoms with E-state index in [2.05, 4.69) is 22.1 Å². The Morgan fingerprint density at radius 1 is 1.41 bits per heavy atom. The van der Waals surface area contributed by atoms with Gasteiger partial charge in [0.25, 0.3) is 0 Å². The van der Waals surface area contributed by atoms with Gasteiger partial charge in [-0.3, -0.25) is 9.80 Å². The molecule has 0 aromatic carbocycles. The van der Waals surface area contributed by atoms with Crippen molar-refractivity contribution in [3.05, 3.63) is 16.1 Å². The molecule has 2 atom stereocenters. The molecular formula is C16H27N3O2S. The Labute approximate surface area is 136 Å². The van der Waals surface area contributed by atoms with Gasteiger partial charge >= 0.3 is 0 Å². The van der Waals surface area contributed by atoms with Gasteiger partial charge < -0.3 is 9.84 Å². The van der Waals surface area contributed by atoms with Gasteiger partial charge in [0.1, 0.15) is 11.1 Å². The first kappa shape index (κ1) is 16.3. The minimum absolute atomic E-state index is 0.241. The van der Waals surface area contributed by atoms with Crippen molar-refractivity contribution in [2.24, 2.45) is 0 Å². The maximum Gasteiger partial charge on any atom is 0.122 e. The van der Waals surface area contributed by atoms with Crippen LogP contribution in [0, 0.1) is 0 Å². The summed E-state index contributed by atoms with van der Waals surface area (Å²) in [6.07, 6.45) is 3.54. The molecule has 2 aliphatic heterocycles. The molecule has 0 amide bonds. The molecule has 2 unspecified atom stereocenters. The SMILES string of the molecule is CCC(CO)N1CCN(Cc2csc(C3CCCO3)n2)CC1. The Bertz CT molecular complexity index is 450. The highest BCUT2D eigenvalue weighted by Gasteiger charge is 2.24. The highest BCUT2D eigenvalue weighted by atomic mass is 32.1. The summed E-state index contributed by atoms with van der Waals surface area (Å²) in [4.78, 5) is 9.65. The normalized spacial score (nSPS) is 25.6. The summed E-state index contributed by atoms with van der Waals surface area (Å²) < 4.78 is 5.71. The topological polar surface area (TPSA) is 48.8 Å². The Morgan fingerprint density at radius 3 is 2.86 bits per heavy atom. The second kappa shape index (κ2) is 7.84. The van der Waals surface area contributed by atoms with Crippen molar-refractivity contribution in [3.63, 3.8) is 0 Å². The molecule has 1 aromatic heterocycles. The maximum absolute atomic E-state index is 9.41. The van der Waals surface area contributed by atoms with Crippen LogP contribution < -0.4 is 0 Å². The third-order valence-electron chi connectivity index (χ3n) is 4.77. The summed E-state index contributed by atoms with van der Waals surface area (Å²) in [6.45, 7) is 8.44. The zero-order chi connectivity index (χ0) is 15.4. The van der Waals surface area contributed by atoms with E-state index in [0.29, 0.717) is 6.04 Å². The summed E-state index contributed by atoms with van der Waals surface area (Å²) in [5.41, 5.74) is 1.18. The molecule has 1 aromatic rings. The summed E-state index contributed by atoms with van der Waals surface area (Å²) >= 11 is 1.74. The number of piperazine rings is 1. The molecule has 3 heterocycles. The predicted octanol–water partition coefficient (Wildman–Crippen LogP) is 1.88. The second-order valence-corrected chi connectivity index (χ2v) is 7.13. The van der Waals surface area contributed by atoms with Crippen LogP contribution in [0.2, 0.25) is 0 Å². The number of aromatic nitrogens is 1. The van der Waals surface area contributed by atoms with Crippen molar-refractivity contribution < 1.29 is 9.84 Å². The molecule has 0 bridgehead atoms. The molecule has 1 N–H and O–H groups in total. The van der Waals surface area contributed by atoms with E-state index >= 15 is 0 Å². The van der Waals surface area contributed by atoms with Crippen LogP contribution in [0.25, 0.3) is 0 Å². The molecule has 124 valence electrons. The van der Waals surface area contributed by atoms with Crippen LogP contribution in [0.3, 0.4) is 0 Å². The van der Waals surface area contributed by atoms with Gasteiger partial charge in [-0.25, -0.2) is 4.98 Å². The Balaban J connectivity index is 1.48. The number of aliphatic hydroxyl groups excluding tert-OH is 1. The van der Waals surface area contributed by atoms with E-state index in [1.165, 1.54) is 5.69 Å². The van der Waals surface area contributed by atoms with Gasteiger partial charge in [-0.05, 0) is 19.3 Å². The lowest BCUT2D eigenvalue weighted by molar-refractivity contribution is 0.0603. The van der Waals surface area contributed by atoms with E-state index in [1.807, 2.05) is 0 Å². The lowest BCUT2D eigenvalue weighted by atomic mass is 10.1. The third kappa shape index (κ3) is 3.86. The third-order valence-corrected chi connectivity index (χ3v) is 5.75. The van der Waals surface area contributed by atoms with Crippen LogP contribution >= 0.6 is 11.3 Å². The van der Waals surface area contributed by atoms with Crippen molar-refractivity contribution in [3.8, 4) is 0 Å². The molecule has 5 nitrogen and oxygen atoms in total. The van der Waals surface area contributed by atoms with E-state index in [9.17, 15) is 5.11 Å². The van der Waals surface area contributed by atoms with Gasteiger partial charge in [0.15, 0.2) is 0 Å². The maximum atomic E-state index is 9.41. The first-order valence-corrected chi connectivity index (χ1v) is 9.31. The molecular weight excluding hydrogens is 298 g/mol. The average molecular weight is 325 g/mol.